The van der Waals surface area contributed by atoms with Gasteiger partial charge in [-0.2, -0.15) is 0 Å². The molecule has 0 aliphatic rings. The number of pyridine rings is 1. The molecule has 0 unspecified atom stereocenters. The summed E-state index contributed by atoms with van der Waals surface area (Å²) in [6, 6.07) is 15.7. The zero-order valence-corrected chi connectivity index (χ0v) is 12.2. The molecule has 2 aromatic carbocycles. The second-order valence-corrected chi connectivity index (χ2v) is 5.35. The predicted molar refractivity (Wildman–Crippen MR) is 86.8 cm³/mol. The van der Waals surface area contributed by atoms with E-state index in [0.29, 0.717) is 11.6 Å². The van der Waals surface area contributed by atoms with E-state index in [2.05, 4.69) is 24.9 Å². The van der Waals surface area contributed by atoms with Crippen LogP contribution in [0.4, 0.5) is 5.69 Å². The summed E-state index contributed by atoms with van der Waals surface area (Å²) in [5.74, 6) is 2.06. The fourth-order valence-corrected chi connectivity index (χ4v) is 2.43. The van der Waals surface area contributed by atoms with E-state index in [9.17, 15) is 0 Å². The highest BCUT2D eigenvalue weighted by atomic mass is 16.5. The molecule has 2 N–H and O–H groups in total. The van der Waals surface area contributed by atoms with Crippen molar-refractivity contribution in [3.05, 3.63) is 60.3 Å². The first-order valence-electron chi connectivity index (χ1n) is 7.07. The molecular formula is C18H18N2O. The molecule has 0 radical (unpaired) electrons. The maximum atomic E-state index is 6.14. The van der Waals surface area contributed by atoms with Gasteiger partial charge in [0.2, 0.25) is 0 Å². The predicted octanol–water partition coefficient (Wildman–Crippen LogP) is 4.73. The van der Waals surface area contributed by atoms with Crippen LogP contribution >= 0.6 is 0 Å². The summed E-state index contributed by atoms with van der Waals surface area (Å²) in [4.78, 5) is 4.34. The Labute approximate surface area is 124 Å². The number of benzene rings is 2. The third-order valence-electron chi connectivity index (χ3n) is 3.52. The van der Waals surface area contributed by atoms with Gasteiger partial charge in [0.25, 0.3) is 0 Å². The lowest BCUT2D eigenvalue weighted by Gasteiger charge is -2.15. The van der Waals surface area contributed by atoms with Crippen molar-refractivity contribution < 1.29 is 4.74 Å². The lowest BCUT2D eigenvalue weighted by Crippen LogP contribution is -1.95. The number of para-hydroxylation sites is 2. The van der Waals surface area contributed by atoms with Crippen molar-refractivity contribution in [2.45, 2.75) is 19.8 Å². The maximum Gasteiger partial charge on any atom is 0.138 e. The number of rotatable bonds is 3. The average Bonchev–Trinajstić information content (AvgIpc) is 2.49. The van der Waals surface area contributed by atoms with Crippen LogP contribution in [0.1, 0.15) is 25.3 Å². The highest BCUT2D eigenvalue weighted by Crippen LogP contribution is 2.34. The van der Waals surface area contributed by atoms with Crippen LogP contribution in [0.15, 0.2) is 54.7 Å². The number of ether oxygens (including phenoxy) is 1. The quantitative estimate of drug-likeness (QED) is 0.704. The van der Waals surface area contributed by atoms with Crippen LogP contribution in [0.2, 0.25) is 0 Å². The fourth-order valence-electron chi connectivity index (χ4n) is 2.43. The Morgan fingerprint density at radius 1 is 0.952 bits per heavy atom. The molecule has 0 spiro atoms. The van der Waals surface area contributed by atoms with Gasteiger partial charge in [0.05, 0.1) is 11.2 Å². The first-order valence-corrected chi connectivity index (χ1v) is 7.07. The number of aromatic nitrogens is 1. The van der Waals surface area contributed by atoms with E-state index in [1.807, 2.05) is 42.5 Å². The molecule has 0 saturated heterocycles. The van der Waals surface area contributed by atoms with Crippen LogP contribution in [0.3, 0.4) is 0 Å². The average molecular weight is 278 g/mol. The van der Waals surface area contributed by atoms with Crippen molar-refractivity contribution in [3.63, 3.8) is 0 Å². The van der Waals surface area contributed by atoms with Gasteiger partial charge in [-0.15, -0.1) is 0 Å². The second-order valence-electron chi connectivity index (χ2n) is 5.35. The Morgan fingerprint density at radius 3 is 2.57 bits per heavy atom. The number of anilines is 1. The Morgan fingerprint density at radius 2 is 1.76 bits per heavy atom. The summed E-state index contributed by atoms with van der Waals surface area (Å²) in [6.45, 7) is 4.32. The van der Waals surface area contributed by atoms with Crippen molar-refractivity contribution in [2.24, 2.45) is 0 Å². The van der Waals surface area contributed by atoms with Crippen LogP contribution in [0, 0.1) is 0 Å². The van der Waals surface area contributed by atoms with Gasteiger partial charge in [-0.25, -0.2) is 0 Å². The number of nitrogens with zero attached hydrogens (tertiary/aromatic N) is 1. The molecule has 0 saturated carbocycles. The van der Waals surface area contributed by atoms with Crippen molar-refractivity contribution in [2.75, 3.05) is 5.73 Å². The van der Waals surface area contributed by atoms with Crippen LogP contribution in [-0.4, -0.2) is 4.98 Å². The molecule has 0 atom stereocenters. The Kier molecular flexibility index (Phi) is 3.48. The van der Waals surface area contributed by atoms with E-state index in [0.717, 1.165) is 22.4 Å². The van der Waals surface area contributed by atoms with E-state index in [1.165, 1.54) is 5.56 Å². The number of nitrogens with two attached hydrogens (primary N) is 1. The molecule has 106 valence electrons. The van der Waals surface area contributed by atoms with Gasteiger partial charge in [-0.3, -0.25) is 4.98 Å². The zero-order chi connectivity index (χ0) is 14.8. The molecule has 1 heterocycles. The summed E-state index contributed by atoms with van der Waals surface area (Å²) in [5, 5.41) is 0.927. The molecule has 3 nitrogen and oxygen atoms in total. The highest BCUT2D eigenvalue weighted by Gasteiger charge is 2.10. The van der Waals surface area contributed by atoms with Crippen molar-refractivity contribution >= 4 is 16.6 Å². The summed E-state index contributed by atoms with van der Waals surface area (Å²) < 4.78 is 6.14. The molecule has 0 amide bonds. The number of nitrogen functional groups attached to an aromatic ring is 1. The van der Waals surface area contributed by atoms with Gasteiger partial charge < -0.3 is 10.5 Å². The van der Waals surface area contributed by atoms with Crippen LogP contribution in [0.25, 0.3) is 10.9 Å². The lowest BCUT2D eigenvalue weighted by molar-refractivity contribution is 0.478. The molecule has 0 aliphatic carbocycles. The molecule has 1 aromatic heterocycles. The first-order chi connectivity index (χ1) is 10.2. The minimum atomic E-state index is 0.402. The summed E-state index contributed by atoms with van der Waals surface area (Å²) in [5.41, 5.74) is 8.60. The molecule has 21 heavy (non-hydrogen) atoms. The van der Waals surface area contributed by atoms with Crippen LogP contribution in [-0.2, 0) is 0 Å². The minimum Gasteiger partial charge on any atom is -0.456 e. The van der Waals surface area contributed by atoms with Gasteiger partial charge in [0.15, 0.2) is 0 Å². The van der Waals surface area contributed by atoms with Gasteiger partial charge in [-0.05, 0) is 35.7 Å². The molecule has 0 bridgehead atoms. The monoisotopic (exact) mass is 278 g/mol. The highest BCUT2D eigenvalue weighted by molar-refractivity contribution is 5.93. The van der Waals surface area contributed by atoms with Gasteiger partial charge in [-0.1, -0.05) is 38.1 Å². The fraction of sp³-hybridized carbons (Fsp3) is 0.167. The SMILES string of the molecule is CC(C)c1ccccc1Oc1ccnc2c(N)cccc12. The van der Waals surface area contributed by atoms with Crippen molar-refractivity contribution in [1.82, 2.24) is 4.98 Å². The van der Waals surface area contributed by atoms with Gasteiger partial charge >= 0.3 is 0 Å². The second kappa shape index (κ2) is 5.44. The first kappa shape index (κ1) is 13.4. The standard InChI is InChI=1S/C18H18N2O/c1-12(2)13-6-3-4-9-16(13)21-17-10-11-20-18-14(17)7-5-8-15(18)19/h3-12H,19H2,1-2H3. The van der Waals surface area contributed by atoms with E-state index in [1.54, 1.807) is 6.20 Å². The lowest BCUT2D eigenvalue weighted by atomic mass is 10.0. The number of hydrogen-bond donors (Lipinski definition) is 1. The van der Waals surface area contributed by atoms with Gasteiger partial charge in [0.1, 0.15) is 11.5 Å². The molecule has 0 aliphatic heterocycles. The summed E-state index contributed by atoms with van der Waals surface area (Å²) in [7, 11) is 0. The van der Waals surface area contributed by atoms with Crippen LogP contribution < -0.4 is 10.5 Å². The maximum absolute atomic E-state index is 6.14. The molecule has 3 heteroatoms. The molecule has 3 rings (SSSR count). The van der Waals surface area contributed by atoms with Crippen LogP contribution in [0.5, 0.6) is 11.5 Å². The third kappa shape index (κ3) is 2.55. The van der Waals surface area contributed by atoms with E-state index >= 15 is 0 Å². The Hall–Kier alpha value is -2.55. The Bertz CT molecular complexity index is 781. The molecule has 0 fully saturated rings. The smallest absolute Gasteiger partial charge is 0.138 e. The summed E-state index contributed by atoms with van der Waals surface area (Å²) in [6.07, 6.45) is 1.73. The largest absolute Gasteiger partial charge is 0.456 e. The number of fused-ring (bicyclic) bond motifs is 1. The van der Waals surface area contributed by atoms with E-state index < -0.39 is 0 Å². The van der Waals surface area contributed by atoms with E-state index in [4.69, 9.17) is 10.5 Å². The zero-order valence-electron chi connectivity index (χ0n) is 12.2. The summed E-state index contributed by atoms with van der Waals surface area (Å²) >= 11 is 0. The topological polar surface area (TPSA) is 48.1 Å². The molecule has 3 aromatic rings. The Balaban J connectivity index is 2.09. The number of hydrogen-bond acceptors (Lipinski definition) is 3. The normalized spacial score (nSPS) is 11.0. The third-order valence-corrected chi connectivity index (χ3v) is 3.52. The van der Waals surface area contributed by atoms with Gasteiger partial charge in [0, 0.05) is 11.6 Å². The van der Waals surface area contributed by atoms with E-state index in [-0.39, 0.29) is 0 Å². The minimum absolute atomic E-state index is 0.402. The van der Waals surface area contributed by atoms with Crippen molar-refractivity contribution in [3.8, 4) is 11.5 Å². The van der Waals surface area contributed by atoms with Crippen molar-refractivity contribution in [1.29, 1.82) is 0 Å². The molecular weight excluding hydrogens is 260 g/mol.